The molecule has 0 radical (unpaired) electrons. The highest BCUT2D eigenvalue weighted by Crippen LogP contribution is 2.23. The lowest BCUT2D eigenvalue weighted by Crippen LogP contribution is -2.18. The van der Waals surface area contributed by atoms with Gasteiger partial charge in [-0.3, -0.25) is 0 Å². The Morgan fingerprint density at radius 3 is 2.62 bits per heavy atom. The first-order chi connectivity index (χ1) is 9.99. The molecule has 0 spiro atoms. The molecule has 4 heteroatoms. The van der Waals surface area contributed by atoms with Gasteiger partial charge in [0.2, 0.25) is 0 Å². The van der Waals surface area contributed by atoms with Crippen LogP contribution in [0.5, 0.6) is 0 Å². The zero-order valence-corrected chi connectivity index (χ0v) is 13.7. The van der Waals surface area contributed by atoms with E-state index in [-0.39, 0.29) is 5.97 Å². The summed E-state index contributed by atoms with van der Waals surface area (Å²) in [6.07, 6.45) is 4.51. The van der Waals surface area contributed by atoms with Gasteiger partial charge in [0.05, 0.1) is 17.9 Å². The number of nitrogens with two attached hydrogens (primary N) is 1. The van der Waals surface area contributed by atoms with Gasteiger partial charge in [-0.15, -0.1) is 0 Å². The van der Waals surface area contributed by atoms with Gasteiger partial charge in [0, 0.05) is 19.8 Å². The molecule has 1 aromatic rings. The van der Waals surface area contributed by atoms with Crippen molar-refractivity contribution in [1.29, 1.82) is 0 Å². The lowest BCUT2D eigenvalue weighted by Gasteiger charge is -2.19. The lowest BCUT2D eigenvalue weighted by atomic mass is 10.0. The quantitative estimate of drug-likeness (QED) is 0.586. The Bertz CT molecular complexity index is 458. The standard InChI is InChI=1S/C17H28N2O2/c1-5-7-8-13(6-2)12-21-17(20)15-10-9-14(18)11-16(15)19(3)4/h9-11,13H,5-8,12,18H2,1-4H3. The van der Waals surface area contributed by atoms with Gasteiger partial charge in [-0.1, -0.05) is 33.1 Å². The Labute approximate surface area is 128 Å². The summed E-state index contributed by atoms with van der Waals surface area (Å²) in [4.78, 5) is 14.2. The molecular formula is C17H28N2O2. The van der Waals surface area contributed by atoms with Crippen molar-refractivity contribution < 1.29 is 9.53 Å². The fourth-order valence-electron chi connectivity index (χ4n) is 2.26. The summed E-state index contributed by atoms with van der Waals surface area (Å²) < 4.78 is 5.50. The topological polar surface area (TPSA) is 55.6 Å². The van der Waals surface area contributed by atoms with Crippen LogP contribution in [0.15, 0.2) is 18.2 Å². The van der Waals surface area contributed by atoms with Gasteiger partial charge in [0.1, 0.15) is 0 Å². The highest BCUT2D eigenvalue weighted by molar-refractivity contribution is 5.96. The van der Waals surface area contributed by atoms with Crippen molar-refractivity contribution in [3.8, 4) is 0 Å². The maximum absolute atomic E-state index is 12.3. The zero-order chi connectivity index (χ0) is 15.8. The minimum Gasteiger partial charge on any atom is -0.462 e. The molecule has 0 aliphatic heterocycles. The summed E-state index contributed by atoms with van der Waals surface area (Å²) in [6.45, 7) is 4.81. The molecule has 0 saturated heterocycles. The van der Waals surface area contributed by atoms with Crippen LogP contribution in [0.2, 0.25) is 0 Å². The minimum absolute atomic E-state index is 0.270. The van der Waals surface area contributed by atoms with Crippen molar-refractivity contribution in [3.05, 3.63) is 23.8 Å². The number of hydrogen-bond donors (Lipinski definition) is 1. The SMILES string of the molecule is CCCCC(CC)COC(=O)c1ccc(N)cc1N(C)C. The summed E-state index contributed by atoms with van der Waals surface area (Å²) in [6, 6.07) is 5.27. The first-order valence-corrected chi connectivity index (χ1v) is 7.73. The molecule has 0 bridgehead atoms. The van der Waals surface area contributed by atoms with Gasteiger partial charge in [0.15, 0.2) is 0 Å². The Morgan fingerprint density at radius 1 is 1.33 bits per heavy atom. The number of benzene rings is 1. The molecular weight excluding hydrogens is 264 g/mol. The predicted molar refractivity (Wildman–Crippen MR) is 88.8 cm³/mol. The fourth-order valence-corrected chi connectivity index (χ4v) is 2.26. The number of nitrogen functional groups attached to an aromatic ring is 1. The summed E-state index contributed by atoms with van der Waals surface area (Å²) in [5, 5.41) is 0. The number of ether oxygens (including phenoxy) is 1. The maximum atomic E-state index is 12.3. The zero-order valence-electron chi connectivity index (χ0n) is 13.7. The van der Waals surface area contributed by atoms with Crippen molar-refractivity contribution in [3.63, 3.8) is 0 Å². The van der Waals surface area contributed by atoms with E-state index in [9.17, 15) is 4.79 Å². The number of carbonyl (C=O) groups is 1. The summed E-state index contributed by atoms with van der Waals surface area (Å²) in [5.74, 6) is 0.180. The van der Waals surface area contributed by atoms with Crippen LogP contribution >= 0.6 is 0 Å². The van der Waals surface area contributed by atoms with E-state index < -0.39 is 0 Å². The number of esters is 1. The number of anilines is 2. The van der Waals surface area contributed by atoms with Crippen LogP contribution in [0.4, 0.5) is 11.4 Å². The molecule has 1 atom stereocenters. The molecule has 2 N–H and O–H groups in total. The van der Waals surface area contributed by atoms with Crippen molar-refractivity contribution in [2.45, 2.75) is 39.5 Å². The average molecular weight is 292 g/mol. The van der Waals surface area contributed by atoms with Gasteiger partial charge in [-0.25, -0.2) is 4.79 Å². The Balaban J connectivity index is 2.71. The molecule has 0 amide bonds. The first-order valence-electron chi connectivity index (χ1n) is 7.73. The number of hydrogen-bond acceptors (Lipinski definition) is 4. The first kappa shape index (κ1) is 17.3. The monoisotopic (exact) mass is 292 g/mol. The van der Waals surface area contributed by atoms with Gasteiger partial charge >= 0.3 is 5.97 Å². The Kier molecular flexibility index (Phi) is 7.06. The van der Waals surface area contributed by atoms with Crippen LogP contribution in [-0.4, -0.2) is 26.7 Å². The van der Waals surface area contributed by atoms with Crippen molar-refractivity contribution in [2.75, 3.05) is 31.3 Å². The van der Waals surface area contributed by atoms with E-state index >= 15 is 0 Å². The van der Waals surface area contributed by atoms with Crippen LogP contribution in [0.3, 0.4) is 0 Å². The molecule has 0 fully saturated rings. The lowest BCUT2D eigenvalue weighted by molar-refractivity contribution is 0.0429. The van der Waals surface area contributed by atoms with Crippen LogP contribution in [0.25, 0.3) is 0 Å². The molecule has 118 valence electrons. The fraction of sp³-hybridized carbons (Fsp3) is 0.588. The predicted octanol–water partition coefficient (Wildman–Crippen LogP) is 3.71. The van der Waals surface area contributed by atoms with E-state index in [0.29, 0.717) is 23.8 Å². The molecule has 4 nitrogen and oxygen atoms in total. The second kappa shape index (κ2) is 8.55. The smallest absolute Gasteiger partial charge is 0.340 e. The number of nitrogens with zero attached hydrogens (tertiary/aromatic N) is 1. The third kappa shape index (κ3) is 5.29. The van der Waals surface area contributed by atoms with Gasteiger partial charge in [-0.2, -0.15) is 0 Å². The van der Waals surface area contributed by atoms with Crippen LogP contribution in [0, 0.1) is 5.92 Å². The van der Waals surface area contributed by atoms with E-state index in [2.05, 4.69) is 13.8 Å². The molecule has 0 aliphatic rings. The Morgan fingerprint density at radius 2 is 2.05 bits per heavy atom. The molecule has 0 aliphatic carbocycles. The van der Waals surface area contributed by atoms with Crippen molar-refractivity contribution in [2.24, 2.45) is 5.92 Å². The van der Waals surface area contributed by atoms with Crippen molar-refractivity contribution in [1.82, 2.24) is 0 Å². The Hall–Kier alpha value is -1.71. The van der Waals surface area contributed by atoms with E-state index in [1.54, 1.807) is 18.2 Å². The largest absolute Gasteiger partial charge is 0.462 e. The van der Waals surface area contributed by atoms with E-state index in [4.69, 9.17) is 10.5 Å². The maximum Gasteiger partial charge on any atom is 0.340 e. The molecule has 21 heavy (non-hydrogen) atoms. The molecule has 0 aromatic heterocycles. The number of unbranched alkanes of at least 4 members (excludes halogenated alkanes) is 1. The third-order valence-corrected chi connectivity index (χ3v) is 3.72. The molecule has 1 aromatic carbocycles. The molecule has 0 heterocycles. The number of rotatable bonds is 8. The van der Waals surface area contributed by atoms with Crippen LogP contribution < -0.4 is 10.6 Å². The second-order valence-electron chi connectivity index (χ2n) is 5.69. The van der Waals surface area contributed by atoms with E-state index in [1.807, 2.05) is 19.0 Å². The van der Waals surface area contributed by atoms with E-state index in [0.717, 1.165) is 18.5 Å². The van der Waals surface area contributed by atoms with Crippen LogP contribution in [-0.2, 0) is 4.74 Å². The highest BCUT2D eigenvalue weighted by Gasteiger charge is 2.16. The van der Waals surface area contributed by atoms with Gasteiger partial charge < -0.3 is 15.4 Å². The molecule has 1 unspecified atom stereocenters. The summed E-state index contributed by atoms with van der Waals surface area (Å²) >= 11 is 0. The molecule has 0 saturated carbocycles. The van der Waals surface area contributed by atoms with Gasteiger partial charge in [-0.05, 0) is 30.5 Å². The van der Waals surface area contributed by atoms with Gasteiger partial charge in [0.25, 0.3) is 0 Å². The normalized spacial score (nSPS) is 12.0. The van der Waals surface area contributed by atoms with Crippen LogP contribution in [0.1, 0.15) is 49.9 Å². The third-order valence-electron chi connectivity index (χ3n) is 3.72. The molecule has 1 rings (SSSR count). The summed E-state index contributed by atoms with van der Waals surface area (Å²) in [5.41, 5.74) is 7.79. The van der Waals surface area contributed by atoms with Crippen molar-refractivity contribution >= 4 is 17.3 Å². The second-order valence-corrected chi connectivity index (χ2v) is 5.69. The average Bonchev–Trinajstić information content (AvgIpc) is 2.47. The highest BCUT2D eigenvalue weighted by atomic mass is 16.5. The summed E-state index contributed by atoms with van der Waals surface area (Å²) in [7, 11) is 3.78. The number of carbonyl (C=O) groups excluding carboxylic acids is 1. The minimum atomic E-state index is -0.270. The van der Waals surface area contributed by atoms with E-state index in [1.165, 1.54) is 12.8 Å².